The molecule has 0 amide bonds. The largest absolute Gasteiger partial charge is 0.367 e. The topological polar surface area (TPSA) is 12.5 Å². The van der Waals surface area contributed by atoms with Crippen molar-refractivity contribution in [1.82, 2.24) is 0 Å². The maximum atomic E-state index is 5.70. The highest BCUT2D eigenvalue weighted by Gasteiger charge is 2.46. The molecule has 0 aromatic heterocycles. The lowest BCUT2D eigenvalue weighted by atomic mass is 9.68. The van der Waals surface area contributed by atoms with E-state index in [1.54, 1.807) is 27.9 Å². The van der Waals surface area contributed by atoms with Gasteiger partial charge in [0.2, 0.25) is 0 Å². The van der Waals surface area contributed by atoms with Crippen LogP contribution in [0.15, 0.2) is 45.6 Å². The van der Waals surface area contributed by atoms with Crippen molar-refractivity contribution in [2.24, 2.45) is 5.41 Å². The minimum Gasteiger partial charge on any atom is -0.367 e. The number of hydrogen-bond donors (Lipinski definition) is 0. The van der Waals surface area contributed by atoms with E-state index in [-0.39, 0.29) is 5.60 Å². The summed E-state index contributed by atoms with van der Waals surface area (Å²) in [6, 6.07) is 0. The van der Waals surface area contributed by atoms with Crippen LogP contribution in [-0.2, 0) is 4.74 Å². The molecule has 2 aliphatic carbocycles. The summed E-state index contributed by atoms with van der Waals surface area (Å²) in [7, 11) is 0. The van der Waals surface area contributed by atoms with Gasteiger partial charge in [0.1, 0.15) is 0 Å². The van der Waals surface area contributed by atoms with Crippen LogP contribution in [0.5, 0.6) is 0 Å². The molecule has 30 heavy (non-hydrogen) atoms. The van der Waals surface area contributed by atoms with Gasteiger partial charge in [0.15, 0.2) is 0 Å². The molecule has 1 nitrogen and oxygen atoms in total. The molecule has 0 aromatic carbocycles. The summed E-state index contributed by atoms with van der Waals surface area (Å²) in [5.41, 5.74) is 10.6. The van der Waals surface area contributed by atoms with Crippen LogP contribution in [0.2, 0.25) is 0 Å². The van der Waals surface area contributed by atoms with Crippen molar-refractivity contribution in [3.63, 3.8) is 0 Å². The van der Waals surface area contributed by atoms with Gasteiger partial charge in [-0.2, -0.15) is 0 Å². The van der Waals surface area contributed by atoms with Crippen LogP contribution >= 0.6 is 0 Å². The summed E-state index contributed by atoms with van der Waals surface area (Å²) >= 11 is 0. The zero-order valence-corrected chi connectivity index (χ0v) is 20.9. The average Bonchev–Trinajstić information content (AvgIpc) is 3.28. The number of epoxide rings is 1. The van der Waals surface area contributed by atoms with E-state index in [1.165, 1.54) is 76.2 Å². The van der Waals surface area contributed by atoms with Crippen molar-refractivity contribution in [1.29, 1.82) is 0 Å². The Morgan fingerprint density at radius 2 is 1.63 bits per heavy atom. The summed E-state index contributed by atoms with van der Waals surface area (Å²) in [5, 5.41) is 0. The second kappa shape index (κ2) is 9.60. The molecule has 3 aliphatic rings. The second-order valence-electron chi connectivity index (χ2n) is 11.6. The fourth-order valence-electron chi connectivity index (χ4n) is 5.35. The Morgan fingerprint density at radius 3 is 2.33 bits per heavy atom. The van der Waals surface area contributed by atoms with E-state index < -0.39 is 0 Å². The van der Waals surface area contributed by atoms with Crippen LogP contribution in [0.1, 0.15) is 119 Å². The van der Waals surface area contributed by atoms with Crippen molar-refractivity contribution >= 4 is 0 Å². The predicted molar refractivity (Wildman–Crippen MR) is 131 cm³/mol. The Balaban J connectivity index is 1.44. The van der Waals surface area contributed by atoms with Crippen molar-refractivity contribution < 1.29 is 4.74 Å². The van der Waals surface area contributed by atoms with Crippen LogP contribution in [0, 0.1) is 5.41 Å². The monoisotopic (exact) mass is 410 g/mol. The molecular formula is C29H46O. The van der Waals surface area contributed by atoms with E-state index in [0.29, 0.717) is 11.5 Å². The van der Waals surface area contributed by atoms with Gasteiger partial charge in [0, 0.05) is 0 Å². The van der Waals surface area contributed by atoms with Gasteiger partial charge in [0.25, 0.3) is 0 Å². The fourth-order valence-corrected chi connectivity index (χ4v) is 5.35. The maximum absolute atomic E-state index is 5.70. The number of hydrogen-bond acceptors (Lipinski definition) is 1. The Bertz CT molecular complexity index is 753. The van der Waals surface area contributed by atoms with Crippen LogP contribution in [0.3, 0.4) is 0 Å². The van der Waals surface area contributed by atoms with E-state index in [2.05, 4.69) is 60.6 Å². The van der Waals surface area contributed by atoms with Crippen LogP contribution in [0.4, 0.5) is 0 Å². The van der Waals surface area contributed by atoms with Gasteiger partial charge in [-0.15, -0.1) is 0 Å². The molecular weight excluding hydrogens is 364 g/mol. The van der Waals surface area contributed by atoms with Gasteiger partial charge >= 0.3 is 0 Å². The summed E-state index contributed by atoms with van der Waals surface area (Å²) in [4.78, 5) is 0. The molecule has 0 N–H and O–H groups in total. The standard InChI is InChI=1S/C29H46O/c1-21(10-8-11-22(2)14-17-27-29(6,7)30-27)12-9-13-25-23(3)15-16-24-18-19-28(4,5)20-26(24)25/h11-12,27H,8-10,13-20H2,1-7H3/b21-12+,22-11+/t27-/m0/s1. The zero-order chi connectivity index (χ0) is 21.9. The highest BCUT2D eigenvalue weighted by Crippen LogP contribution is 2.47. The zero-order valence-electron chi connectivity index (χ0n) is 20.9. The number of allylic oxidation sites excluding steroid dienone is 8. The van der Waals surface area contributed by atoms with Gasteiger partial charge in [-0.25, -0.2) is 0 Å². The Kier molecular flexibility index (Phi) is 7.54. The first kappa shape index (κ1) is 23.6. The van der Waals surface area contributed by atoms with E-state index >= 15 is 0 Å². The molecule has 0 unspecified atom stereocenters. The van der Waals surface area contributed by atoms with E-state index in [0.717, 1.165) is 0 Å². The number of rotatable bonds is 9. The molecule has 168 valence electrons. The first-order valence-electron chi connectivity index (χ1n) is 12.5. The lowest BCUT2D eigenvalue weighted by Gasteiger charge is -2.37. The smallest absolute Gasteiger partial charge is 0.0892 e. The molecule has 0 spiro atoms. The summed E-state index contributed by atoms with van der Waals surface area (Å²) in [6.07, 6.45) is 19.2. The van der Waals surface area contributed by atoms with Gasteiger partial charge in [-0.05, 0) is 122 Å². The summed E-state index contributed by atoms with van der Waals surface area (Å²) < 4.78 is 5.70. The minimum absolute atomic E-state index is 0.135. The van der Waals surface area contributed by atoms with E-state index in [1.807, 2.05) is 0 Å². The van der Waals surface area contributed by atoms with Crippen LogP contribution < -0.4 is 0 Å². The maximum Gasteiger partial charge on any atom is 0.0892 e. The van der Waals surface area contributed by atoms with E-state index in [4.69, 9.17) is 4.74 Å². The Labute approximate surface area is 186 Å². The lowest BCUT2D eigenvalue weighted by molar-refractivity contribution is 0.310. The molecule has 0 aromatic rings. The van der Waals surface area contributed by atoms with E-state index in [9.17, 15) is 0 Å². The molecule has 0 saturated carbocycles. The lowest BCUT2D eigenvalue weighted by Crippen LogP contribution is -2.21. The van der Waals surface area contributed by atoms with Crippen molar-refractivity contribution in [3.05, 3.63) is 45.6 Å². The second-order valence-corrected chi connectivity index (χ2v) is 11.6. The number of ether oxygens (including phenoxy) is 1. The quantitative estimate of drug-likeness (QED) is 0.273. The third-order valence-electron chi connectivity index (χ3n) is 7.75. The third kappa shape index (κ3) is 6.46. The first-order valence-corrected chi connectivity index (χ1v) is 12.5. The van der Waals surface area contributed by atoms with Gasteiger partial charge in [-0.1, -0.05) is 48.3 Å². The highest BCUT2D eigenvalue weighted by molar-refractivity contribution is 5.44. The molecule has 0 radical (unpaired) electrons. The normalized spacial score (nSPS) is 26.2. The Morgan fingerprint density at radius 1 is 0.967 bits per heavy atom. The van der Waals surface area contributed by atoms with Gasteiger partial charge in [-0.3, -0.25) is 0 Å². The minimum atomic E-state index is 0.135. The first-order chi connectivity index (χ1) is 14.1. The van der Waals surface area contributed by atoms with Crippen molar-refractivity contribution in [3.8, 4) is 0 Å². The SMILES string of the molecule is CC1=C(CC/C=C(\C)CC/C=C(\C)CC[C@@H]2OC2(C)C)C2=C(CC1)CCC(C)(C)C2. The van der Waals surface area contributed by atoms with Gasteiger partial charge < -0.3 is 4.74 Å². The fraction of sp³-hybridized carbons (Fsp3) is 0.724. The molecule has 1 fully saturated rings. The third-order valence-corrected chi connectivity index (χ3v) is 7.75. The van der Waals surface area contributed by atoms with Gasteiger partial charge in [0.05, 0.1) is 11.7 Å². The van der Waals surface area contributed by atoms with Crippen molar-refractivity contribution in [2.45, 2.75) is 131 Å². The Hall–Kier alpha value is -1.08. The molecule has 1 heterocycles. The molecule has 1 heteroatoms. The van der Waals surface area contributed by atoms with Crippen LogP contribution in [-0.4, -0.2) is 11.7 Å². The van der Waals surface area contributed by atoms with Crippen molar-refractivity contribution in [2.75, 3.05) is 0 Å². The molecule has 0 bridgehead atoms. The average molecular weight is 411 g/mol. The highest BCUT2D eigenvalue weighted by atomic mass is 16.6. The molecule has 1 aliphatic heterocycles. The van der Waals surface area contributed by atoms with Crippen LogP contribution in [0.25, 0.3) is 0 Å². The predicted octanol–water partition coefficient (Wildman–Crippen LogP) is 9.01. The molecule has 1 atom stereocenters. The summed E-state index contributed by atoms with van der Waals surface area (Å²) in [5.74, 6) is 0. The molecule has 1 saturated heterocycles. The molecule has 3 rings (SSSR count). The summed E-state index contributed by atoms with van der Waals surface area (Å²) in [6.45, 7) is 16.3.